The van der Waals surface area contributed by atoms with Gasteiger partial charge in [-0.15, -0.1) is 0 Å². The zero-order chi connectivity index (χ0) is 19.6. The lowest BCUT2D eigenvalue weighted by atomic mass is 9.54. The summed E-state index contributed by atoms with van der Waals surface area (Å²) in [6.45, 7) is 13.1. The van der Waals surface area contributed by atoms with E-state index in [9.17, 15) is 9.59 Å². The van der Waals surface area contributed by atoms with E-state index in [1.165, 1.54) is 32.6 Å². The van der Waals surface area contributed by atoms with Crippen LogP contribution >= 0.6 is 0 Å². The first kappa shape index (κ1) is 19.0. The van der Waals surface area contributed by atoms with E-state index >= 15 is 0 Å². The Morgan fingerprint density at radius 3 is 2.67 bits per heavy atom. The molecule has 2 heterocycles. The van der Waals surface area contributed by atoms with Crippen LogP contribution in [0.4, 0.5) is 0 Å². The molecule has 0 aromatic rings. The van der Waals surface area contributed by atoms with E-state index in [4.69, 9.17) is 14.2 Å². The standard InChI is InChI=1S/C22H32O5/c1-12(15-7-8-16-21(3,4)9-6-10-22(15,16)5)18-14-11-17(24)26-20(18)27-19(14)25-13(2)23/h14-16,18-20H,1,6-11H2,2-5H3/t14-,15-,16+,18+,19-,20-,22-/m1/s1. The first-order valence-electron chi connectivity index (χ1n) is 10.3. The Labute approximate surface area is 161 Å². The Bertz CT molecular complexity index is 668. The lowest BCUT2D eigenvalue weighted by molar-refractivity contribution is -0.206. The minimum Gasteiger partial charge on any atom is -0.435 e. The third-order valence-electron chi connectivity index (χ3n) is 8.00. The Kier molecular flexibility index (Phi) is 4.45. The number of carbonyl (C=O) groups excluding carboxylic acids is 2. The van der Waals surface area contributed by atoms with Crippen LogP contribution in [0.3, 0.4) is 0 Å². The number of rotatable bonds is 3. The van der Waals surface area contributed by atoms with Gasteiger partial charge in [0.05, 0.1) is 12.3 Å². The van der Waals surface area contributed by atoms with Crippen molar-refractivity contribution in [2.24, 2.45) is 34.5 Å². The van der Waals surface area contributed by atoms with E-state index in [0.29, 0.717) is 17.3 Å². The molecule has 4 fully saturated rings. The van der Waals surface area contributed by atoms with Crippen LogP contribution in [0.2, 0.25) is 0 Å². The van der Waals surface area contributed by atoms with Gasteiger partial charge in [0.2, 0.25) is 12.6 Å². The molecular formula is C22H32O5. The zero-order valence-electron chi connectivity index (χ0n) is 17.0. The average molecular weight is 376 g/mol. The van der Waals surface area contributed by atoms with Gasteiger partial charge in [0.25, 0.3) is 0 Å². The molecule has 0 N–H and O–H groups in total. The zero-order valence-corrected chi connectivity index (χ0v) is 17.0. The SMILES string of the molecule is C=C([C@@H]1[C@@H]2OC(=O)C[C@H]1[C@H](OC(C)=O)O2)[C@H]1CC[C@H]2C(C)(C)CCC[C@]12C. The van der Waals surface area contributed by atoms with E-state index in [1.807, 2.05) is 0 Å². The Balaban J connectivity index is 1.59. The number of hydrogen-bond acceptors (Lipinski definition) is 5. The van der Waals surface area contributed by atoms with Gasteiger partial charge < -0.3 is 14.2 Å². The fraction of sp³-hybridized carbons (Fsp3) is 0.818. The molecule has 150 valence electrons. The van der Waals surface area contributed by atoms with Crippen molar-refractivity contribution < 1.29 is 23.8 Å². The van der Waals surface area contributed by atoms with Crippen molar-refractivity contribution in [3.8, 4) is 0 Å². The van der Waals surface area contributed by atoms with Crippen LogP contribution < -0.4 is 0 Å². The largest absolute Gasteiger partial charge is 0.435 e. The molecule has 4 rings (SSSR count). The van der Waals surface area contributed by atoms with Gasteiger partial charge in [-0.25, -0.2) is 0 Å². The van der Waals surface area contributed by atoms with Crippen LogP contribution in [-0.2, 0) is 23.8 Å². The predicted octanol–water partition coefficient (Wildman–Crippen LogP) is 4.21. The highest BCUT2D eigenvalue weighted by atomic mass is 16.8. The third kappa shape index (κ3) is 2.93. The summed E-state index contributed by atoms with van der Waals surface area (Å²) in [6.07, 6.45) is 4.95. The Morgan fingerprint density at radius 2 is 1.96 bits per heavy atom. The number of esters is 2. The van der Waals surface area contributed by atoms with Crippen LogP contribution in [0.25, 0.3) is 0 Å². The first-order chi connectivity index (χ1) is 12.6. The Morgan fingerprint density at radius 1 is 1.22 bits per heavy atom. The first-order valence-corrected chi connectivity index (χ1v) is 10.3. The summed E-state index contributed by atoms with van der Waals surface area (Å²) in [5, 5.41) is 0. The summed E-state index contributed by atoms with van der Waals surface area (Å²) >= 11 is 0. The summed E-state index contributed by atoms with van der Waals surface area (Å²) in [4.78, 5) is 23.4. The molecular weight excluding hydrogens is 344 g/mol. The predicted molar refractivity (Wildman–Crippen MR) is 99.2 cm³/mol. The molecule has 7 atom stereocenters. The molecule has 0 radical (unpaired) electrons. The topological polar surface area (TPSA) is 61.8 Å². The maximum atomic E-state index is 11.9. The van der Waals surface area contributed by atoms with Gasteiger partial charge in [-0.05, 0) is 48.3 Å². The molecule has 2 bridgehead atoms. The fourth-order valence-corrected chi connectivity index (χ4v) is 6.92. The highest BCUT2D eigenvalue weighted by Crippen LogP contribution is 2.64. The van der Waals surface area contributed by atoms with Crippen molar-refractivity contribution in [1.82, 2.24) is 0 Å². The van der Waals surface area contributed by atoms with Crippen molar-refractivity contribution in [3.05, 3.63) is 12.2 Å². The second kappa shape index (κ2) is 6.33. The van der Waals surface area contributed by atoms with Gasteiger partial charge in [-0.3, -0.25) is 9.59 Å². The molecule has 0 aromatic heterocycles. The monoisotopic (exact) mass is 376 g/mol. The summed E-state index contributed by atoms with van der Waals surface area (Å²) in [5.41, 5.74) is 1.72. The highest BCUT2D eigenvalue weighted by molar-refractivity contribution is 5.71. The second-order valence-corrected chi connectivity index (χ2v) is 9.97. The molecule has 0 spiro atoms. The molecule has 27 heavy (non-hydrogen) atoms. The van der Waals surface area contributed by atoms with Crippen molar-refractivity contribution in [2.75, 3.05) is 0 Å². The van der Waals surface area contributed by atoms with E-state index < -0.39 is 18.5 Å². The van der Waals surface area contributed by atoms with Gasteiger partial charge in [0, 0.05) is 12.8 Å². The minimum atomic E-state index is -0.714. The molecule has 5 heteroatoms. The van der Waals surface area contributed by atoms with Gasteiger partial charge in [0.1, 0.15) is 0 Å². The summed E-state index contributed by atoms with van der Waals surface area (Å²) in [6, 6.07) is 0. The lowest BCUT2D eigenvalue weighted by Gasteiger charge is -2.50. The maximum Gasteiger partial charge on any atom is 0.308 e. The number of fused-ring (bicyclic) bond motifs is 3. The normalized spacial score (nSPS) is 45.1. The van der Waals surface area contributed by atoms with E-state index in [1.54, 1.807) is 0 Å². The van der Waals surface area contributed by atoms with Crippen molar-refractivity contribution in [1.29, 1.82) is 0 Å². The summed E-state index contributed by atoms with van der Waals surface area (Å²) in [5.74, 6) is 0.136. The minimum absolute atomic E-state index is 0.0855. The molecule has 0 aromatic carbocycles. The molecule has 2 aliphatic carbocycles. The molecule has 0 amide bonds. The van der Waals surface area contributed by atoms with Crippen LogP contribution in [0.15, 0.2) is 12.2 Å². The van der Waals surface area contributed by atoms with Crippen molar-refractivity contribution in [3.63, 3.8) is 0 Å². The van der Waals surface area contributed by atoms with Crippen molar-refractivity contribution >= 4 is 11.9 Å². The van der Waals surface area contributed by atoms with Gasteiger partial charge >= 0.3 is 11.9 Å². The maximum absolute atomic E-state index is 11.9. The van der Waals surface area contributed by atoms with Crippen LogP contribution in [-0.4, -0.2) is 24.5 Å². The lowest BCUT2D eigenvalue weighted by Crippen LogP contribution is -2.44. The number of hydrogen-bond donors (Lipinski definition) is 0. The second-order valence-electron chi connectivity index (χ2n) is 9.97. The molecule has 2 aliphatic heterocycles. The summed E-state index contributed by atoms with van der Waals surface area (Å²) < 4.78 is 16.6. The van der Waals surface area contributed by atoms with E-state index in [2.05, 4.69) is 27.4 Å². The fourth-order valence-electron chi connectivity index (χ4n) is 6.92. The molecule has 0 unspecified atom stereocenters. The van der Waals surface area contributed by atoms with Crippen molar-refractivity contribution in [2.45, 2.75) is 78.8 Å². The molecule has 5 nitrogen and oxygen atoms in total. The van der Waals surface area contributed by atoms with E-state index in [-0.39, 0.29) is 29.6 Å². The Hall–Kier alpha value is -1.36. The smallest absolute Gasteiger partial charge is 0.308 e. The van der Waals surface area contributed by atoms with Crippen LogP contribution in [0, 0.1) is 34.5 Å². The number of carbonyl (C=O) groups is 2. The van der Waals surface area contributed by atoms with E-state index in [0.717, 1.165) is 12.0 Å². The third-order valence-corrected chi connectivity index (χ3v) is 8.00. The van der Waals surface area contributed by atoms with Gasteiger partial charge in [0.15, 0.2) is 0 Å². The molecule has 2 saturated heterocycles. The summed E-state index contributed by atoms with van der Waals surface area (Å²) in [7, 11) is 0. The van der Waals surface area contributed by atoms with Crippen LogP contribution in [0.1, 0.15) is 66.2 Å². The van der Waals surface area contributed by atoms with Gasteiger partial charge in [-0.1, -0.05) is 39.3 Å². The average Bonchev–Trinajstić information content (AvgIpc) is 3.00. The van der Waals surface area contributed by atoms with Gasteiger partial charge in [-0.2, -0.15) is 0 Å². The van der Waals surface area contributed by atoms with Crippen LogP contribution in [0.5, 0.6) is 0 Å². The molecule has 2 saturated carbocycles. The quantitative estimate of drug-likeness (QED) is 0.545. The molecule has 4 aliphatic rings. The highest BCUT2D eigenvalue weighted by Gasteiger charge is 2.59. The number of ether oxygens (including phenoxy) is 3.